The Morgan fingerprint density at radius 1 is 0.645 bits per heavy atom. The van der Waals surface area contributed by atoms with Crippen LogP contribution in [0.2, 0.25) is 0 Å². The first-order chi connectivity index (χ1) is 36.4. The summed E-state index contributed by atoms with van der Waals surface area (Å²) in [5.41, 5.74) is 31.4. The molecule has 5 rings (SSSR count). The number of nitrogens with zero attached hydrogens (tertiary/aromatic N) is 6. The van der Waals surface area contributed by atoms with Gasteiger partial charge in [0.25, 0.3) is 5.91 Å². The van der Waals surface area contributed by atoms with Crippen LogP contribution in [0, 0.1) is 0 Å². The van der Waals surface area contributed by atoms with Gasteiger partial charge in [0, 0.05) is 39.1 Å². The van der Waals surface area contributed by atoms with Crippen LogP contribution in [-0.4, -0.2) is 183 Å². The Morgan fingerprint density at radius 3 is 1.76 bits per heavy atom. The summed E-state index contributed by atoms with van der Waals surface area (Å²) in [5, 5.41) is 31.4. The number of aliphatic carboxylic acids is 1. The number of rotatable bonds is 25. The summed E-state index contributed by atoms with van der Waals surface area (Å²) < 4.78 is 0. The van der Waals surface area contributed by atoms with E-state index in [9.17, 15) is 53.4 Å². The molecule has 3 aliphatic rings. The molecule has 0 spiro atoms. The highest BCUT2D eigenvalue weighted by atomic mass is 16.4. The van der Waals surface area contributed by atoms with Gasteiger partial charge >= 0.3 is 12.0 Å². The van der Waals surface area contributed by atoms with Gasteiger partial charge in [-0.05, 0) is 75.3 Å². The summed E-state index contributed by atoms with van der Waals surface area (Å²) in [6.45, 7) is -0.691. The third kappa shape index (κ3) is 17.3. The minimum absolute atomic E-state index is 0.0347. The van der Waals surface area contributed by atoms with Gasteiger partial charge in [0.1, 0.15) is 36.3 Å². The molecule has 0 bridgehead atoms. The zero-order valence-corrected chi connectivity index (χ0v) is 42.4. The normalized spacial score (nSPS) is 18.5. The molecule has 3 fully saturated rings. The number of aliphatic hydroxyl groups excluding tert-OH is 1. The number of amides is 9. The predicted molar refractivity (Wildman–Crippen MR) is 276 cm³/mol. The van der Waals surface area contributed by atoms with Crippen molar-refractivity contribution in [2.45, 2.75) is 119 Å². The lowest BCUT2D eigenvalue weighted by molar-refractivity contribution is -0.147. The first kappa shape index (κ1) is 58.8. The number of carboxylic acid groups (broad SMARTS) is 1. The molecule has 1 unspecified atom stereocenters. The monoisotopic (exact) mass is 1060 g/mol. The van der Waals surface area contributed by atoms with Gasteiger partial charge in [-0.2, -0.15) is 0 Å². The maximum absolute atomic E-state index is 14.1. The highest BCUT2D eigenvalue weighted by Crippen LogP contribution is 2.26. The number of carbonyl (C=O) groups excluding carboxylic acids is 8. The molecular formula is C49H72N16O11. The van der Waals surface area contributed by atoms with Gasteiger partial charge in [0.05, 0.1) is 25.7 Å². The largest absolute Gasteiger partial charge is 0.480 e. The Kier molecular flexibility index (Phi) is 22.5. The number of hydrazine groups is 1. The second-order valence-corrected chi connectivity index (χ2v) is 18.7. The van der Waals surface area contributed by atoms with Crippen molar-refractivity contribution >= 4 is 65.3 Å². The van der Waals surface area contributed by atoms with Gasteiger partial charge in [-0.15, -0.1) is 0 Å². The van der Waals surface area contributed by atoms with E-state index in [0.29, 0.717) is 69.2 Å². The van der Waals surface area contributed by atoms with Crippen LogP contribution in [0.15, 0.2) is 70.6 Å². The van der Waals surface area contributed by atoms with E-state index in [1.54, 1.807) is 60.7 Å². The molecule has 2 aromatic carbocycles. The van der Waals surface area contributed by atoms with Gasteiger partial charge in [-0.1, -0.05) is 60.7 Å². The minimum atomic E-state index is -1.60. The smallest absolute Gasteiger partial charge is 0.337 e. The molecule has 0 radical (unpaired) electrons. The lowest BCUT2D eigenvalue weighted by Crippen LogP contribution is -2.60. The molecule has 3 aliphatic heterocycles. The Labute approximate surface area is 439 Å². The number of carboxylic acids is 1. The van der Waals surface area contributed by atoms with E-state index < -0.39 is 109 Å². The van der Waals surface area contributed by atoms with Crippen LogP contribution in [-0.2, 0) is 51.3 Å². The Bertz CT molecular complexity index is 2410. The van der Waals surface area contributed by atoms with E-state index in [-0.39, 0.29) is 63.8 Å². The van der Waals surface area contributed by atoms with Crippen molar-refractivity contribution in [2.75, 3.05) is 45.9 Å². The molecule has 7 atom stereocenters. The van der Waals surface area contributed by atoms with Crippen LogP contribution in [0.1, 0.15) is 75.3 Å². The van der Waals surface area contributed by atoms with Crippen molar-refractivity contribution in [3.05, 3.63) is 71.8 Å². The molecule has 3 saturated heterocycles. The summed E-state index contributed by atoms with van der Waals surface area (Å²) in [4.78, 5) is 134. The molecule has 0 saturated carbocycles. The zero-order valence-electron chi connectivity index (χ0n) is 42.4. The van der Waals surface area contributed by atoms with E-state index in [4.69, 9.17) is 28.7 Å². The van der Waals surface area contributed by atoms with Crippen LogP contribution in [0.4, 0.5) is 4.79 Å². The van der Waals surface area contributed by atoms with Crippen LogP contribution in [0.25, 0.3) is 0 Å². The molecule has 17 N–H and O–H groups in total. The highest BCUT2D eigenvalue weighted by molar-refractivity contribution is 5.97. The number of nitrogens with one attached hydrogen (secondary N) is 5. The van der Waals surface area contributed by atoms with Gasteiger partial charge in [-0.3, -0.25) is 49.0 Å². The molecule has 76 heavy (non-hydrogen) atoms. The topological polar surface area (TPSA) is 422 Å². The number of urea groups is 1. The van der Waals surface area contributed by atoms with E-state index in [1.165, 1.54) is 9.80 Å². The zero-order chi connectivity index (χ0) is 55.3. The predicted octanol–water partition coefficient (Wildman–Crippen LogP) is -3.59. The first-order valence-corrected chi connectivity index (χ1v) is 25.3. The highest BCUT2D eigenvalue weighted by Gasteiger charge is 2.44. The number of hydrogen-bond acceptors (Lipinski definition) is 13. The van der Waals surface area contributed by atoms with Gasteiger partial charge in [0.2, 0.25) is 35.4 Å². The summed E-state index contributed by atoms with van der Waals surface area (Å²) in [6.07, 6.45) is 3.05. The Morgan fingerprint density at radius 2 is 1.18 bits per heavy atom. The number of hydrogen-bond donors (Lipinski definition) is 12. The summed E-state index contributed by atoms with van der Waals surface area (Å²) in [7, 11) is 0. The van der Waals surface area contributed by atoms with Crippen molar-refractivity contribution in [1.29, 1.82) is 0 Å². The fourth-order valence-corrected chi connectivity index (χ4v) is 9.31. The molecular weight excluding hydrogens is 989 g/mol. The second-order valence-electron chi connectivity index (χ2n) is 18.7. The first-order valence-electron chi connectivity index (χ1n) is 25.3. The molecule has 414 valence electrons. The van der Waals surface area contributed by atoms with Gasteiger partial charge < -0.3 is 74.8 Å². The molecule has 0 aromatic heterocycles. The average Bonchev–Trinajstić information content (AvgIpc) is 4.22. The number of carbonyl (C=O) groups is 9. The number of guanidine groups is 2. The van der Waals surface area contributed by atoms with Crippen molar-refractivity contribution in [2.24, 2.45) is 38.7 Å². The van der Waals surface area contributed by atoms with E-state index >= 15 is 0 Å². The van der Waals surface area contributed by atoms with Crippen LogP contribution >= 0.6 is 0 Å². The standard InChI is InChI=1S/C49H72N16O11/c50-32(16-7-21-55-47(51)52)43(71)64-25-11-20-38(64)45(73)63-24-9-18-36(63)41(69)57-27-39(67)58-34(26-30-12-3-1-4-13-30)40(68)59-35(29-66)44(72)62-23-10-19-37(62)42(70)61-65(28-31-14-5-2-6-15-31)49(76)60-33(46(74)75)17-8-22-56-48(53)54/h1-6,12-15,32-38,66H,7-11,16-29,50H2,(H,57,69)(H,58,67)(H,59,68)(H,60,76)(H,61,70)(H,74,75)(H4,51,52,55)(H4,53,54,56)/t32-,33-,34?,35+,36-,37-,38-/m1/s1. The molecule has 3 heterocycles. The molecule has 2 aromatic rings. The van der Waals surface area contributed by atoms with Gasteiger partial charge in [-0.25, -0.2) is 14.6 Å². The van der Waals surface area contributed by atoms with Crippen molar-refractivity contribution in [3.8, 4) is 0 Å². The van der Waals surface area contributed by atoms with E-state index in [2.05, 4.69) is 36.7 Å². The summed E-state index contributed by atoms with van der Waals surface area (Å²) in [6, 6.07) is 8.04. The molecule has 9 amide bonds. The van der Waals surface area contributed by atoms with Crippen LogP contribution < -0.4 is 55.4 Å². The average molecular weight is 1060 g/mol. The number of likely N-dealkylation sites (tertiary alicyclic amines) is 3. The van der Waals surface area contributed by atoms with Gasteiger partial charge in [0.15, 0.2) is 11.9 Å². The van der Waals surface area contributed by atoms with E-state index in [1.807, 2.05) is 0 Å². The molecule has 27 nitrogen and oxygen atoms in total. The third-order valence-corrected chi connectivity index (χ3v) is 13.2. The van der Waals surface area contributed by atoms with Crippen molar-refractivity contribution in [1.82, 2.24) is 46.4 Å². The molecule has 27 heteroatoms. The number of benzene rings is 2. The lowest BCUT2D eigenvalue weighted by Gasteiger charge is -2.32. The second kappa shape index (κ2) is 29.1. The van der Waals surface area contributed by atoms with Crippen molar-refractivity contribution < 1.29 is 53.4 Å². The summed E-state index contributed by atoms with van der Waals surface area (Å²) >= 11 is 0. The maximum atomic E-state index is 14.1. The van der Waals surface area contributed by atoms with Crippen LogP contribution in [0.5, 0.6) is 0 Å². The summed E-state index contributed by atoms with van der Waals surface area (Å²) in [5.74, 6) is -6.29. The van der Waals surface area contributed by atoms with Crippen molar-refractivity contribution in [3.63, 3.8) is 0 Å². The Balaban J connectivity index is 1.21. The Hall–Kier alpha value is -8.07. The fraction of sp³-hybridized carbons (Fsp3) is 0.531. The number of aliphatic hydroxyl groups is 1. The lowest BCUT2D eigenvalue weighted by atomic mass is 10.0. The number of aliphatic imine (C=N–C) groups is 2. The maximum Gasteiger partial charge on any atom is 0.337 e. The minimum Gasteiger partial charge on any atom is -0.480 e. The quantitative estimate of drug-likeness (QED) is 0.0198. The SMILES string of the molecule is NC(N)=NCCC[C@@H](N)C(=O)N1CCC[C@@H]1C(=O)N1CCC[C@@H]1C(=O)NCC(=O)NC(Cc1ccccc1)C(=O)N[C@@H](CO)C(=O)N1CCC[C@@H]1C(=O)NN(Cc1ccccc1)C(=O)N[C@H](CCCN=C(N)N)C(=O)O. The third-order valence-electron chi connectivity index (χ3n) is 13.2. The van der Waals surface area contributed by atoms with E-state index in [0.717, 1.165) is 9.91 Å². The fourth-order valence-electron chi connectivity index (χ4n) is 9.31. The molecule has 0 aliphatic carbocycles. The van der Waals surface area contributed by atoms with Crippen LogP contribution in [0.3, 0.4) is 0 Å². The number of nitrogens with two attached hydrogens (primary N) is 5.